The lowest BCUT2D eigenvalue weighted by atomic mass is 10.1. The number of nitrogens with zero attached hydrogens (tertiary/aromatic N) is 1. The van der Waals surface area contributed by atoms with Crippen LogP contribution in [0.5, 0.6) is 0 Å². The van der Waals surface area contributed by atoms with Gasteiger partial charge in [0.05, 0.1) is 0 Å². The largest absolute Gasteiger partial charge is 0.341 e. The first-order valence-corrected chi connectivity index (χ1v) is 5.54. The third kappa shape index (κ3) is 5.22. The van der Waals surface area contributed by atoms with Crippen molar-refractivity contribution < 1.29 is 4.79 Å². The van der Waals surface area contributed by atoms with Crippen molar-refractivity contribution in [3.63, 3.8) is 0 Å². The Bertz CT molecular complexity index is 167. The highest BCUT2D eigenvalue weighted by Gasteiger charge is 2.13. The lowest BCUT2D eigenvalue weighted by Gasteiger charge is -2.25. The van der Waals surface area contributed by atoms with Gasteiger partial charge in [-0.05, 0) is 40.5 Å². The summed E-state index contributed by atoms with van der Waals surface area (Å²) in [5.74, 6) is 0.253. The lowest BCUT2D eigenvalue weighted by molar-refractivity contribution is -0.132. The number of nitrogens with two attached hydrogens (primary N) is 1. The molecule has 0 saturated carbocycles. The third-order valence-corrected chi connectivity index (χ3v) is 2.33. The number of hydrogen-bond donors (Lipinski definition) is 1. The van der Waals surface area contributed by atoms with Gasteiger partial charge < -0.3 is 10.6 Å². The monoisotopic (exact) mass is 200 g/mol. The Morgan fingerprint density at radius 3 is 2.29 bits per heavy atom. The molecule has 1 unspecified atom stereocenters. The zero-order valence-corrected chi connectivity index (χ0v) is 9.92. The first-order chi connectivity index (χ1) is 6.49. The Morgan fingerprint density at radius 1 is 1.36 bits per heavy atom. The first kappa shape index (κ1) is 13.4. The summed E-state index contributed by atoms with van der Waals surface area (Å²) in [5, 5.41) is 0. The van der Waals surface area contributed by atoms with Gasteiger partial charge >= 0.3 is 0 Å². The SMILES string of the molecule is CCN(C(=O)CCCC(C)N)C(C)C. The minimum atomic E-state index is 0.205. The average Bonchev–Trinajstić information content (AvgIpc) is 2.03. The molecule has 0 bridgehead atoms. The molecule has 0 aromatic heterocycles. The minimum absolute atomic E-state index is 0.205. The Kier molecular flexibility index (Phi) is 6.54. The molecule has 0 saturated heterocycles. The van der Waals surface area contributed by atoms with Crippen molar-refractivity contribution in [3.05, 3.63) is 0 Å². The van der Waals surface area contributed by atoms with Crippen LogP contribution in [0, 0.1) is 0 Å². The minimum Gasteiger partial charge on any atom is -0.341 e. The Balaban J connectivity index is 3.81. The quantitative estimate of drug-likeness (QED) is 0.710. The molecule has 84 valence electrons. The molecule has 0 heterocycles. The summed E-state index contributed by atoms with van der Waals surface area (Å²) in [7, 11) is 0. The molecule has 0 fully saturated rings. The Labute approximate surface area is 87.6 Å². The van der Waals surface area contributed by atoms with Gasteiger partial charge in [0.15, 0.2) is 0 Å². The number of carbonyl (C=O) groups is 1. The molecule has 0 aliphatic rings. The van der Waals surface area contributed by atoms with Gasteiger partial charge in [-0.25, -0.2) is 0 Å². The van der Waals surface area contributed by atoms with Crippen LogP contribution < -0.4 is 5.73 Å². The molecule has 3 nitrogen and oxygen atoms in total. The maximum Gasteiger partial charge on any atom is 0.222 e. The van der Waals surface area contributed by atoms with Crippen LogP contribution in [0.15, 0.2) is 0 Å². The molecule has 0 radical (unpaired) electrons. The fourth-order valence-corrected chi connectivity index (χ4v) is 1.55. The highest BCUT2D eigenvalue weighted by Crippen LogP contribution is 2.05. The van der Waals surface area contributed by atoms with Crippen LogP contribution in [0.2, 0.25) is 0 Å². The van der Waals surface area contributed by atoms with E-state index < -0.39 is 0 Å². The molecule has 0 spiro atoms. The van der Waals surface area contributed by atoms with Crippen LogP contribution in [0.3, 0.4) is 0 Å². The van der Waals surface area contributed by atoms with E-state index in [2.05, 4.69) is 0 Å². The smallest absolute Gasteiger partial charge is 0.222 e. The van der Waals surface area contributed by atoms with Crippen molar-refractivity contribution in [2.24, 2.45) is 5.73 Å². The topological polar surface area (TPSA) is 46.3 Å². The van der Waals surface area contributed by atoms with Gasteiger partial charge in [0.1, 0.15) is 0 Å². The van der Waals surface area contributed by atoms with Crippen LogP contribution in [0.25, 0.3) is 0 Å². The molecular weight excluding hydrogens is 176 g/mol. The zero-order valence-electron chi connectivity index (χ0n) is 9.92. The highest BCUT2D eigenvalue weighted by molar-refractivity contribution is 5.76. The maximum atomic E-state index is 11.7. The summed E-state index contributed by atoms with van der Waals surface area (Å²) in [6.45, 7) is 8.89. The van der Waals surface area contributed by atoms with Crippen LogP contribution in [0.1, 0.15) is 47.0 Å². The highest BCUT2D eigenvalue weighted by atomic mass is 16.2. The van der Waals surface area contributed by atoms with Gasteiger partial charge in [-0.1, -0.05) is 0 Å². The van der Waals surface area contributed by atoms with Crippen molar-refractivity contribution in [2.45, 2.75) is 59.0 Å². The van der Waals surface area contributed by atoms with E-state index >= 15 is 0 Å². The molecule has 0 aliphatic carbocycles. The predicted molar refractivity (Wildman–Crippen MR) is 60.0 cm³/mol. The average molecular weight is 200 g/mol. The Hall–Kier alpha value is -0.570. The normalized spacial score (nSPS) is 13.0. The van der Waals surface area contributed by atoms with Crippen molar-refractivity contribution >= 4 is 5.91 Å². The molecule has 1 atom stereocenters. The summed E-state index contributed by atoms with van der Waals surface area (Å²) in [5.41, 5.74) is 5.62. The van der Waals surface area contributed by atoms with Gasteiger partial charge in [-0.2, -0.15) is 0 Å². The van der Waals surface area contributed by atoms with Crippen molar-refractivity contribution in [1.82, 2.24) is 4.90 Å². The maximum absolute atomic E-state index is 11.7. The fraction of sp³-hybridized carbons (Fsp3) is 0.909. The molecule has 0 rings (SSSR count). The fourth-order valence-electron chi connectivity index (χ4n) is 1.55. The molecule has 0 aromatic carbocycles. The van der Waals surface area contributed by atoms with Gasteiger partial charge in [0, 0.05) is 25.0 Å². The van der Waals surface area contributed by atoms with Crippen molar-refractivity contribution in [2.75, 3.05) is 6.54 Å². The number of amides is 1. The van der Waals surface area contributed by atoms with E-state index in [9.17, 15) is 4.79 Å². The van der Waals surface area contributed by atoms with E-state index in [4.69, 9.17) is 5.73 Å². The standard InChI is InChI=1S/C11H24N2O/c1-5-13(9(2)3)11(14)8-6-7-10(4)12/h9-10H,5-8,12H2,1-4H3. The number of rotatable bonds is 6. The van der Waals surface area contributed by atoms with Crippen molar-refractivity contribution in [3.8, 4) is 0 Å². The predicted octanol–water partition coefficient (Wildman–Crippen LogP) is 1.76. The van der Waals surface area contributed by atoms with Gasteiger partial charge in [-0.3, -0.25) is 4.79 Å². The van der Waals surface area contributed by atoms with Crippen LogP contribution in [0.4, 0.5) is 0 Å². The zero-order chi connectivity index (χ0) is 11.1. The van der Waals surface area contributed by atoms with E-state index in [0.29, 0.717) is 12.5 Å². The van der Waals surface area contributed by atoms with Crippen molar-refractivity contribution in [1.29, 1.82) is 0 Å². The number of carbonyl (C=O) groups excluding carboxylic acids is 1. The second-order valence-corrected chi connectivity index (χ2v) is 4.14. The third-order valence-electron chi connectivity index (χ3n) is 2.33. The van der Waals surface area contributed by atoms with Crippen LogP contribution >= 0.6 is 0 Å². The summed E-state index contributed by atoms with van der Waals surface area (Å²) in [6, 6.07) is 0.514. The van der Waals surface area contributed by atoms with Gasteiger partial charge in [0.25, 0.3) is 0 Å². The first-order valence-electron chi connectivity index (χ1n) is 5.54. The van der Waals surface area contributed by atoms with Gasteiger partial charge in [0.2, 0.25) is 5.91 Å². The Morgan fingerprint density at radius 2 is 1.93 bits per heavy atom. The molecule has 3 heteroatoms. The lowest BCUT2D eigenvalue weighted by Crippen LogP contribution is -2.36. The molecule has 14 heavy (non-hydrogen) atoms. The molecule has 1 amide bonds. The van der Waals surface area contributed by atoms with Crippen LogP contribution in [-0.4, -0.2) is 29.4 Å². The second kappa shape index (κ2) is 6.82. The molecule has 0 aliphatic heterocycles. The van der Waals surface area contributed by atoms with E-state index in [1.54, 1.807) is 0 Å². The van der Waals surface area contributed by atoms with Crippen LogP contribution in [-0.2, 0) is 4.79 Å². The van der Waals surface area contributed by atoms with E-state index in [-0.39, 0.29) is 11.9 Å². The molecular formula is C11H24N2O. The summed E-state index contributed by atoms with van der Waals surface area (Å²) in [6.07, 6.45) is 2.47. The van der Waals surface area contributed by atoms with E-state index in [0.717, 1.165) is 19.4 Å². The molecule has 2 N–H and O–H groups in total. The van der Waals surface area contributed by atoms with Gasteiger partial charge in [-0.15, -0.1) is 0 Å². The number of hydrogen-bond acceptors (Lipinski definition) is 2. The molecule has 0 aromatic rings. The van der Waals surface area contributed by atoms with E-state index in [1.807, 2.05) is 32.6 Å². The van der Waals surface area contributed by atoms with E-state index in [1.165, 1.54) is 0 Å². The summed E-state index contributed by atoms with van der Waals surface area (Å²) < 4.78 is 0. The summed E-state index contributed by atoms with van der Waals surface area (Å²) >= 11 is 0. The second-order valence-electron chi connectivity index (χ2n) is 4.14. The summed E-state index contributed by atoms with van der Waals surface area (Å²) in [4.78, 5) is 13.6.